The van der Waals surface area contributed by atoms with Gasteiger partial charge < -0.3 is 14.2 Å². The highest BCUT2D eigenvalue weighted by atomic mass is 19.3. The lowest BCUT2D eigenvalue weighted by Gasteiger charge is -2.10. The Kier molecular flexibility index (Phi) is 6.00. The number of alkyl halides is 4. The number of halogens is 4. The first-order valence-corrected chi connectivity index (χ1v) is 6.70. The van der Waals surface area contributed by atoms with Crippen LogP contribution in [0.5, 0.6) is 11.5 Å². The molecule has 0 aliphatic heterocycles. The van der Waals surface area contributed by atoms with E-state index in [0.717, 1.165) is 0 Å². The van der Waals surface area contributed by atoms with Gasteiger partial charge in [0.15, 0.2) is 0 Å². The molecule has 0 bridgehead atoms. The van der Waals surface area contributed by atoms with Crippen molar-refractivity contribution >= 4 is 5.97 Å². The van der Waals surface area contributed by atoms with Gasteiger partial charge in [0.25, 0.3) is 0 Å². The number of para-hydroxylation sites is 1. The van der Waals surface area contributed by atoms with E-state index in [1.807, 2.05) is 0 Å². The van der Waals surface area contributed by atoms with Gasteiger partial charge in [-0.25, -0.2) is 4.79 Å². The number of hydrogen-bond acceptors (Lipinski definition) is 4. The third-order valence-electron chi connectivity index (χ3n) is 2.84. The molecule has 2 aromatic rings. The standard InChI is InChI=1S/C16H12F4O4/c17-15(18)23-11-7-5-10(6-8-11)9-22-14(21)12-3-1-2-4-13(12)24-16(19)20/h1-8,15-16H,9H2. The van der Waals surface area contributed by atoms with Gasteiger partial charge in [0.1, 0.15) is 23.7 Å². The van der Waals surface area contributed by atoms with E-state index in [0.29, 0.717) is 5.56 Å². The molecule has 0 N–H and O–H groups in total. The van der Waals surface area contributed by atoms with Crippen molar-refractivity contribution in [1.82, 2.24) is 0 Å². The molecule has 0 saturated heterocycles. The van der Waals surface area contributed by atoms with E-state index in [-0.39, 0.29) is 23.7 Å². The number of benzene rings is 2. The Morgan fingerprint density at radius 3 is 2.12 bits per heavy atom. The van der Waals surface area contributed by atoms with Crippen LogP contribution in [0.2, 0.25) is 0 Å². The number of esters is 1. The summed E-state index contributed by atoms with van der Waals surface area (Å²) in [5.74, 6) is -1.17. The fourth-order valence-electron chi connectivity index (χ4n) is 1.83. The molecule has 128 valence electrons. The highest BCUT2D eigenvalue weighted by molar-refractivity contribution is 5.92. The molecule has 0 heterocycles. The summed E-state index contributed by atoms with van der Waals surface area (Å²) in [6.07, 6.45) is 0. The van der Waals surface area contributed by atoms with Crippen molar-refractivity contribution in [2.24, 2.45) is 0 Å². The molecule has 2 aromatic carbocycles. The largest absolute Gasteiger partial charge is 0.457 e. The minimum atomic E-state index is -3.07. The predicted molar refractivity (Wildman–Crippen MR) is 75.3 cm³/mol. The van der Waals surface area contributed by atoms with Crippen molar-refractivity contribution in [3.8, 4) is 11.5 Å². The number of carbonyl (C=O) groups is 1. The van der Waals surface area contributed by atoms with Crippen LogP contribution in [0.3, 0.4) is 0 Å². The van der Waals surface area contributed by atoms with Crippen LogP contribution in [-0.4, -0.2) is 19.2 Å². The molecule has 0 fully saturated rings. The molecule has 0 amide bonds. The van der Waals surface area contributed by atoms with E-state index in [1.54, 1.807) is 0 Å². The summed E-state index contributed by atoms with van der Waals surface area (Å²) in [6, 6.07) is 10.9. The smallest absolute Gasteiger partial charge is 0.387 e. The SMILES string of the molecule is O=C(OCc1ccc(OC(F)F)cc1)c1ccccc1OC(F)F. The van der Waals surface area contributed by atoms with Gasteiger partial charge in [-0.3, -0.25) is 0 Å². The fourth-order valence-corrected chi connectivity index (χ4v) is 1.83. The van der Waals surface area contributed by atoms with Crippen molar-refractivity contribution in [2.45, 2.75) is 19.8 Å². The Hall–Kier alpha value is -2.77. The molecule has 4 nitrogen and oxygen atoms in total. The van der Waals surface area contributed by atoms with Crippen molar-refractivity contribution in [2.75, 3.05) is 0 Å². The van der Waals surface area contributed by atoms with Crippen molar-refractivity contribution in [3.63, 3.8) is 0 Å². The Labute approximate surface area is 134 Å². The second-order valence-electron chi connectivity index (χ2n) is 4.47. The van der Waals surface area contributed by atoms with Crippen LogP contribution in [0.25, 0.3) is 0 Å². The lowest BCUT2D eigenvalue weighted by molar-refractivity contribution is -0.0509. The lowest BCUT2D eigenvalue weighted by atomic mass is 10.2. The molecule has 0 unspecified atom stereocenters. The zero-order valence-corrected chi connectivity index (χ0v) is 12.1. The summed E-state index contributed by atoms with van der Waals surface area (Å²) in [5, 5.41) is 0. The van der Waals surface area contributed by atoms with E-state index in [1.165, 1.54) is 48.5 Å². The van der Waals surface area contributed by atoms with Crippen LogP contribution in [0.15, 0.2) is 48.5 Å². The molecule has 0 aliphatic carbocycles. The van der Waals surface area contributed by atoms with Gasteiger partial charge in [0, 0.05) is 0 Å². The first kappa shape index (κ1) is 17.6. The van der Waals surface area contributed by atoms with E-state index in [4.69, 9.17) is 4.74 Å². The Balaban J connectivity index is 1.98. The van der Waals surface area contributed by atoms with Gasteiger partial charge in [0.05, 0.1) is 0 Å². The minimum absolute atomic E-state index is 0.0317. The molecule has 0 atom stereocenters. The van der Waals surface area contributed by atoms with E-state index in [9.17, 15) is 22.4 Å². The Bertz CT molecular complexity index is 674. The third-order valence-corrected chi connectivity index (χ3v) is 2.84. The van der Waals surface area contributed by atoms with Crippen molar-refractivity contribution in [1.29, 1.82) is 0 Å². The number of ether oxygens (including phenoxy) is 3. The number of carbonyl (C=O) groups excluding carboxylic acids is 1. The monoisotopic (exact) mass is 344 g/mol. The quantitative estimate of drug-likeness (QED) is 0.556. The molecular weight excluding hydrogens is 332 g/mol. The summed E-state index contributed by atoms with van der Waals surface area (Å²) in [6.45, 7) is -6.17. The number of rotatable bonds is 7. The molecule has 8 heteroatoms. The highest BCUT2D eigenvalue weighted by Crippen LogP contribution is 2.22. The molecule has 0 spiro atoms. The zero-order valence-electron chi connectivity index (χ0n) is 12.1. The summed E-state index contributed by atoms with van der Waals surface area (Å²) in [4.78, 5) is 12.0. The molecule has 2 rings (SSSR count). The zero-order chi connectivity index (χ0) is 17.5. The topological polar surface area (TPSA) is 44.8 Å². The first-order chi connectivity index (χ1) is 11.5. The van der Waals surface area contributed by atoms with Gasteiger partial charge in [-0.1, -0.05) is 24.3 Å². The fraction of sp³-hybridized carbons (Fsp3) is 0.188. The maximum Gasteiger partial charge on any atom is 0.387 e. The van der Waals surface area contributed by atoms with Crippen LogP contribution in [0.4, 0.5) is 17.6 Å². The summed E-state index contributed by atoms with van der Waals surface area (Å²) in [7, 11) is 0. The molecule has 0 aromatic heterocycles. The highest BCUT2D eigenvalue weighted by Gasteiger charge is 2.16. The van der Waals surface area contributed by atoms with Crippen LogP contribution >= 0.6 is 0 Å². The van der Waals surface area contributed by atoms with Crippen LogP contribution in [-0.2, 0) is 11.3 Å². The maximum atomic E-state index is 12.3. The lowest BCUT2D eigenvalue weighted by Crippen LogP contribution is -2.10. The van der Waals surface area contributed by atoms with E-state index >= 15 is 0 Å². The summed E-state index contributed by atoms with van der Waals surface area (Å²) in [5.41, 5.74) is 0.368. The van der Waals surface area contributed by atoms with Crippen molar-refractivity contribution < 1.29 is 36.6 Å². The molecule has 0 aliphatic rings. The third kappa shape index (κ3) is 5.15. The molecule has 24 heavy (non-hydrogen) atoms. The van der Waals surface area contributed by atoms with Crippen LogP contribution in [0.1, 0.15) is 15.9 Å². The van der Waals surface area contributed by atoms with Gasteiger partial charge in [0.2, 0.25) is 0 Å². The molecular formula is C16H12F4O4. The van der Waals surface area contributed by atoms with Gasteiger partial charge in [-0.2, -0.15) is 17.6 Å². The van der Waals surface area contributed by atoms with Gasteiger partial charge in [-0.05, 0) is 29.8 Å². The summed E-state index contributed by atoms with van der Waals surface area (Å²) >= 11 is 0. The predicted octanol–water partition coefficient (Wildman–Crippen LogP) is 4.25. The van der Waals surface area contributed by atoms with Crippen molar-refractivity contribution in [3.05, 3.63) is 59.7 Å². The normalized spacial score (nSPS) is 10.8. The van der Waals surface area contributed by atoms with Gasteiger partial charge >= 0.3 is 19.2 Å². The maximum absolute atomic E-state index is 12.3. The minimum Gasteiger partial charge on any atom is -0.457 e. The van der Waals surface area contributed by atoms with Crippen LogP contribution in [0, 0.1) is 0 Å². The Morgan fingerprint density at radius 1 is 0.875 bits per heavy atom. The first-order valence-electron chi connectivity index (χ1n) is 6.70. The second kappa shape index (κ2) is 8.19. The molecule has 0 radical (unpaired) electrons. The van der Waals surface area contributed by atoms with Gasteiger partial charge in [-0.15, -0.1) is 0 Å². The average Bonchev–Trinajstić information content (AvgIpc) is 2.53. The van der Waals surface area contributed by atoms with E-state index in [2.05, 4.69) is 9.47 Å². The average molecular weight is 344 g/mol. The number of hydrogen-bond donors (Lipinski definition) is 0. The second-order valence-corrected chi connectivity index (χ2v) is 4.47. The van der Waals surface area contributed by atoms with Crippen LogP contribution < -0.4 is 9.47 Å². The summed E-state index contributed by atoms with van der Waals surface area (Å²) < 4.78 is 62.1. The molecule has 0 saturated carbocycles. The van der Waals surface area contributed by atoms with E-state index < -0.39 is 19.2 Å². The Morgan fingerprint density at radius 2 is 1.50 bits per heavy atom.